The molecule has 2 atom stereocenters. The lowest BCUT2D eigenvalue weighted by atomic mass is 10.2. The first-order chi connectivity index (χ1) is 16.8. The first kappa shape index (κ1) is 23.8. The van der Waals surface area contributed by atoms with E-state index >= 15 is 0 Å². The molecule has 3 aromatic rings. The predicted octanol–water partition coefficient (Wildman–Crippen LogP) is 2.65. The van der Waals surface area contributed by atoms with E-state index in [1.807, 2.05) is 11.9 Å². The summed E-state index contributed by atoms with van der Waals surface area (Å²) in [5.74, 6) is -0.352. The lowest BCUT2D eigenvalue weighted by molar-refractivity contribution is -0.138. The third kappa shape index (κ3) is 4.66. The molecule has 12 heteroatoms. The summed E-state index contributed by atoms with van der Waals surface area (Å²) in [6.07, 6.45) is 3.34. The molecule has 0 saturated carbocycles. The molecule has 0 bridgehead atoms. The number of halogens is 1. The minimum Gasteiger partial charge on any atom is -0.338 e. The van der Waals surface area contributed by atoms with Crippen molar-refractivity contribution in [2.24, 2.45) is 4.40 Å². The van der Waals surface area contributed by atoms with E-state index in [0.717, 1.165) is 11.9 Å². The van der Waals surface area contributed by atoms with Crippen molar-refractivity contribution in [1.82, 2.24) is 24.2 Å². The fourth-order valence-corrected chi connectivity index (χ4v) is 6.49. The van der Waals surface area contributed by atoms with Gasteiger partial charge in [-0.05, 0) is 37.3 Å². The summed E-state index contributed by atoms with van der Waals surface area (Å²) >= 11 is 1.13. The standard InChI is InChI=1S/C23H25FN6O3S2/c1-17(29-11-10-19-20(24)8-5-9-21(19)29)22(31)27-12-14-28(15-13-27)30-16-25-34-23(30)26-35(32,33)18-6-3-2-4-7-18/h2-11,16-17,23,26H,12-15H2,1H3. The third-order valence-corrected chi connectivity index (χ3v) is 8.58. The molecule has 2 aromatic carbocycles. The summed E-state index contributed by atoms with van der Waals surface area (Å²) in [7, 11) is -3.71. The van der Waals surface area contributed by atoms with Gasteiger partial charge in [0.1, 0.15) is 18.2 Å². The second kappa shape index (κ2) is 9.61. The summed E-state index contributed by atoms with van der Waals surface area (Å²) in [5, 5.41) is 4.24. The Morgan fingerprint density at radius 2 is 1.83 bits per heavy atom. The van der Waals surface area contributed by atoms with Gasteiger partial charge in [-0.2, -0.15) is 4.72 Å². The minimum absolute atomic E-state index is 0.0443. The molecular weight excluding hydrogens is 491 g/mol. The van der Waals surface area contributed by atoms with Gasteiger partial charge in [0.2, 0.25) is 15.9 Å². The maximum Gasteiger partial charge on any atom is 0.245 e. The minimum atomic E-state index is -3.71. The van der Waals surface area contributed by atoms with E-state index in [-0.39, 0.29) is 16.6 Å². The number of hydrogen-bond acceptors (Lipinski definition) is 7. The molecule has 9 nitrogen and oxygen atoms in total. The zero-order valence-electron chi connectivity index (χ0n) is 19.0. The van der Waals surface area contributed by atoms with Crippen LogP contribution in [0.25, 0.3) is 10.9 Å². The summed E-state index contributed by atoms with van der Waals surface area (Å²) in [5.41, 5.74) is 0.0749. The van der Waals surface area contributed by atoms with Crippen LogP contribution in [-0.4, -0.2) is 71.8 Å². The summed E-state index contributed by atoms with van der Waals surface area (Å²) in [6, 6.07) is 14.3. The van der Waals surface area contributed by atoms with E-state index in [0.29, 0.717) is 37.1 Å². The molecule has 2 aliphatic heterocycles. The zero-order valence-corrected chi connectivity index (χ0v) is 20.6. The molecule has 2 aliphatic rings. The highest BCUT2D eigenvalue weighted by molar-refractivity contribution is 8.00. The highest BCUT2D eigenvalue weighted by atomic mass is 32.2. The fourth-order valence-electron chi connectivity index (χ4n) is 4.36. The van der Waals surface area contributed by atoms with E-state index in [4.69, 9.17) is 0 Å². The monoisotopic (exact) mass is 516 g/mol. The van der Waals surface area contributed by atoms with Crippen LogP contribution in [0.1, 0.15) is 13.0 Å². The van der Waals surface area contributed by atoms with Gasteiger partial charge in [0.15, 0.2) is 5.50 Å². The van der Waals surface area contributed by atoms with Gasteiger partial charge in [0.25, 0.3) is 0 Å². The van der Waals surface area contributed by atoms with Crippen LogP contribution in [-0.2, 0) is 14.8 Å². The number of nitrogens with zero attached hydrogens (tertiary/aromatic N) is 5. The smallest absolute Gasteiger partial charge is 0.245 e. The number of aromatic nitrogens is 1. The van der Waals surface area contributed by atoms with Gasteiger partial charge in [-0.1, -0.05) is 24.3 Å². The van der Waals surface area contributed by atoms with E-state index in [1.165, 1.54) is 6.07 Å². The quantitative estimate of drug-likeness (QED) is 0.507. The molecule has 0 spiro atoms. The molecule has 0 aliphatic carbocycles. The molecule has 1 N–H and O–H groups in total. The van der Waals surface area contributed by atoms with Crippen LogP contribution >= 0.6 is 11.9 Å². The Morgan fingerprint density at radius 1 is 1.09 bits per heavy atom. The number of piperazine rings is 1. The Morgan fingerprint density at radius 3 is 2.57 bits per heavy atom. The number of hydrazine groups is 1. The number of nitrogens with one attached hydrogen (secondary N) is 1. The van der Waals surface area contributed by atoms with Crippen LogP contribution in [0.2, 0.25) is 0 Å². The maximum atomic E-state index is 14.1. The number of amides is 1. The average Bonchev–Trinajstić information content (AvgIpc) is 3.51. The molecular formula is C23H25FN6O3S2. The van der Waals surface area contributed by atoms with Crippen LogP contribution in [0.5, 0.6) is 0 Å². The SMILES string of the molecule is CC(C(=O)N1CCN(N2C=NSC2NS(=O)(=O)c2ccccc2)CC1)n1ccc2c(F)cccc21. The van der Waals surface area contributed by atoms with Gasteiger partial charge >= 0.3 is 0 Å². The zero-order chi connectivity index (χ0) is 24.6. The highest BCUT2D eigenvalue weighted by Gasteiger charge is 2.34. The van der Waals surface area contributed by atoms with Gasteiger partial charge in [-0.3, -0.25) is 9.80 Å². The topological polar surface area (TPSA) is 90.2 Å². The third-order valence-electron chi connectivity index (χ3n) is 6.25. The Kier molecular flexibility index (Phi) is 6.53. The molecule has 1 aromatic heterocycles. The Hall–Kier alpha value is -2.93. The first-order valence-corrected chi connectivity index (χ1v) is 13.5. The van der Waals surface area contributed by atoms with Crippen molar-refractivity contribution in [1.29, 1.82) is 0 Å². The van der Waals surface area contributed by atoms with Gasteiger partial charge < -0.3 is 9.47 Å². The average molecular weight is 517 g/mol. The Balaban J connectivity index is 1.22. The summed E-state index contributed by atoms with van der Waals surface area (Å²) < 4.78 is 48.3. The summed E-state index contributed by atoms with van der Waals surface area (Å²) in [4.78, 5) is 15.2. The second-order valence-corrected chi connectivity index (χ2v) is 10.9. The van der Waals surface area contributed by atoms with Crippen LogP contribution < -0.4 is 4.72 Å². The number of carbonyl (C=O) groups excluding carboxylic acids is 1. The van der Waals surface area contributed by atoms with Crippen molar-refractivity contribution in [3.8, 4) is 0 Å². The number of hydrogen-bond donors (Lipinski definition) is 1. The Bertz CT molecular complexity index is 1360. The number of rotatable bonds is 6. The molecule has 35 heavy (non-hydrogen) atoms. The molecule has 2 unspecified atom stereocenters. The number of carbonyl (C=O) groups is 1. The molecule has 3 heterocycles. The van der Waals surface area contributed by atoms with Crippen molar-refractivity contribution in [3.05, 3.63) is 66.6 Å². The van der Waals surface area contributed by atoms with E-state index < -0.39 is 21.6 Å². The lowest BCUT2D eigenvalue weighted by Crippen LogP contribution is -2.59. The molecule has 0 radical (unpaired) electrons. The van der Waals surface area contributed by atoms with E-state index in [2.05, 4.69) is 9.12 Å². The second-order valence-electron chi connectivity index (χ2n) is 8.34. The molecule has 1 saturated heterocycles. The van der Waals surface area contributed by atoms with Crippen molar-refractivity contribution < 1.29 is 17.6 Å². The largest absolute Gasteiger partial charge is 0.338 e. The molecule has 5 rings (SSSR count). The fraction of sp³-hybridized carbons (Fsp3) is 0.304. The van der Waals surface area contributed by atoms with Gasteiger partial charge in [0, 0.05) is 49.7 Å². The van der Waals surface area contributed by atoms with Crippen LogP contribution in [0.4, 0.5) is 4.39 Å². The number of benzene rings is 2. The lowest BCUT2D eigenvalue weighted by Gasteiger charge is -2.41. The first-order valence-electron chi connectivity index (χ1n) is 11.2. The van der Waals surface area contributed by atoms with Crippen LogP contribution in [0.3, 0.4) is 0 Å². The van der Waals surface area contributed by atoms with Crippen molar-refractivity contribution in [2.45, 2.75) is 23.4 Å². The molecule has 1 amide bonds. The van der Waals surface area contributed by atoms with E-state index in [1.54, 1.807) is 75.5 Å². The van der Waals surface area contributed by atoms with Crippen molar-refractivity contribution in [2.75, 3.05) is 26.2 Å². The normalized spacial score (nSPS) is 20.0. The van der Waals surface area contributed by atoms with Crippen LogP contribution in [0.15, 0.2) is 70.1 Å². The number of sulfonamides is 1. The highest BCUT2D eigenvalue weighted by Crippen LogP contribution is 2.26. The number of fused-ring (bicyclic) bond motifs is 1. The summed E-state index contributed by atoms with van der Waals surface area (Å²) in [6.45, 7) is 3.82. The molecule has 184 valence electrons. The van der Waals surface area contributed by atoms with Crippen molar-refractivity contribution in [3.63, 3.8) is 0 Å². The Labute approximate surface area is 207 Å². The van der Waals surface area contributed by atoms with Crippen molar-refractivity contribution >= 4 is 45.1 Å². The predicted molar refractivity (Wildman–Crippen MR) is 133 cm³/mol. The van der Waals surface area contributed by atoms with Gasteiger partial charge in [0.05, 0.1) is 10.4 Å². The maximum absolute atomic E-state index is 14.1. The van der Waals surface area contributed by atoms with E-state index in [9.17, 15) is 17.6 Å². The van der Waals surface area contributed by atoms with Gasteiger partial charge in [-0.15, -0.1) is 0 Å². The molecule has 1 fully saturated rings. The van der Waals surface area contributed by atoms with Crippen LogP contribution in [0, 0.1) is 5.82 Å². The van der Waals surface area contributed by atoms with Gasteiger partial charge in [-0.25, -0.2) is 22.2 Å².